The molecular formula is C17H25BrN2O. The summed E-state index contributed by atoms with van der Waals surface area (Å²) in [6.07, 6.45) is 5.20. The maximum Gasteiger partial charge on any atom is 0.0772 e. The minimum absolute atomic E-state index is 0.423. The zero-order valence-corrected chi connectivity index (χ0v) is 14.3. The lowest BCUT2D eigenvalue weighted by molar-refractivity contribution is 0.187. The van der Waals surface area contributed by atoms with Crippen LogP contribution in [0.3, 0.4) is 0 Å². The summed E-state index contributed by atoms with van der Waals surface area (Å²) in [6, 6.07) is 7.16. The van der Waals surface area contributed by atoms with E-state index in [0.717, 1.165) is 29.2 Å². The lowest BCUT2D eigenvalue weighted by atomic mass is 10.1. The second-order valence-electron chi connectivity index (χ2n) is 6.34. The van der Waals surface area contributed by atoms with Crippen LogP contribution in [-0.2, 0) is 0 Å². The fourth-order valence-electron chi connectivity index (χ4n) is 3.67. The van der Waals surface area contributed by atoms with Gasteiger partial charge in [-0.05, 0) is 37.5 Å². The molecule has 0 aromatic heterocycles. The Kier molecular flexibility index (Phi) is 4.87. The van der Waals surface area contributed by atoms with Gasteiger partial charge in [0.1, 0.15) is 0 Å². The first-order valence-corrected chi connectivity index (χ1v) is 8.91. The Balaban J connectivity index is 1.62. The summed E-state index contributed by atoms with van der Waals surface area (Å²) in [6.45, 7) is 6.38. The largest absolute Gasteiger partial charge is 0.389 e. The molecule has 1 aromatic rings. The molecule has 1 saturated carbocycles. The van der Waals surface area contributed by atoms with Crippen molar-refractivity contribution in [3.05, 3.63) is 28.2 Å². The van der Waals surface area contributed by atoms with E-state index in [2.05, 4.69) is 37.9 Å². The van der Waals surface area contributed by atoms with Crippen molar-refractivity contribution < 1.29 is 5.11 Å². The Morgan fingerprint density at radius 2 is 1.81 bits per heavy atom. The van der Waals surface area contributed by atoms with E-state index in [0.29, 0.717) is 0 Å². The number of hydrogen-bond donors (Lipinski definition) is 1. The van der Waals surface area contributed by atoms with Crippen LogP contribution in [0, 0.1) is 0 Å². The van der Waals surface area contributed by atoms with Crippen molar-refractivity contribution in [2.24, 2.45) is 0 Å². The topological polar surface area (TPSA) is 26.7 Å². The van der Waals surface area contributed by atoms with Gasteiger partial charge in [-0.1, -0.05) is 34.8 Å². The molecule has 116 valence electrons. The van der Waals surface area contributed by atoms with Gasteiger partial charge < -0.3 is 10.0 Å². The third-order valence-corrected chi connectivity index (χ3v) is 5.64. The predicted octanol–water partition coefficient (Wildman–Crippen LogP) is 3.57. The van der Waals surface area contributed by atoms with Crippen molar-refractivity contribution in [2.45, 2.75) is 44.8 Å². The highest BCUT2D eigenvalue weighted by Gasteiger charge is 2.26. The molecule has 4 heteroatoms. The maximum absolute atomic E-state index is 9.71. The third kappa shape index (κ3) is 3.43. The summed E-state index contributed by atoms with van der Waals surface area (Å²) in [5, 5.41) is 9.71. The molecule has 0 bridgehead atoms. The molecule has 1 N–H and O–H groups in total. The summed E-state index contributed by atoms with van der Waals surface area (Å²) >= 11 is 3.58. The van der Waals surface area contributed by atoms with E-state index in [1.54, 1.807) is 6.92 Å². The van der Waals surface area contributed by atoms with Crippen LogP contribution < -0.4 is 4.90 Å². The highest BCUT2D eigenvalue weighted by molar-refractivity contribution is 9.10. The molecule has 2 aliphatic rings. The molecule has 3 rings (SSSR count). The lowest BCUT2D eigenvalue weighted by Crippen LogP contribution is -2.49. The average Bonchev–Trinajstić information content (AvgIpc) is 3.01. The second-order valence-corrected chi connectivity index (χ2v) is 7.20. The van der Waals surface area contributed by atoms with Crippen molar-refractivity contribution in [3.63, 3.8) is 0 Å². The first kappa shape index (κ1) is 15.3. The van der Waals surface area contributed by atoms with E-state index < -0.39 is 6.10 Å². The van der Waals surface area contributed by atoms with E-state index in [4.69, 9.17) is 0 Å². The van der Waals surface area contributed by atoms with Gasteiger partial charge in [-0.2, -0.15) is 0 Å². The molecule has 0 amide bonds. The number of piperazine rings is 1. The SMILES string of the molecule is CC(O)c1ccc(N2CCN(C3CCCC3)CC2)cc1Br. The van der Waals surface area contributed by atoms with E-state index in [9.17, 15) is 5.11 Å². The zero-order chi connectivity index (χ0) is 14.8. The van der Waals surface area contributed by atoms with Gasteiger partial charge in [-0.3, -0.25) is 4.90 Å². The number of anilines is 1. The van der Waals surface area contributed by atoms with Gasteiger partial charge in [0, 0.05) is 42.4 Å². The van der Waals surface area contributed by atoms with Gasteiger partial charge in [-0.25, -0.2) is 0 Å². The van der Waals surface area contributed by atoms with Gasteiger partial charge in [0.2, 0.25) is 0 Å². The van der Waals surface area contributed by atoms with Crippen molar-refractivity contribution >= 4 is 21.6 Å². The van der Waals surface area contributed by atoms with Crippen LogP contribution in [-0.4, -0.2) is 42.2 Å². The second kappa shape index (κ2) is 6.67. The molecule has 1 atom stereocenters. The van der Waals surface area contributed by atoms with E-state index in [1.165, 1.54) is 44.5 Å². The van der Waals surface area contributed by atoms with Gasteiger partial charge in [-0.15, -0.1) is 0 Å². The van der Waals surface area contributed by atoms with Crippen LogP contribution in [0.5, 0.6) is 0 Å². The molecule has 1 heterocycles. The molecule has 1 aliphatic heterocycles. The smallest absolute Gasteiger partial charge is 0.0772 e. The maximum atomic E-state index is 9.71. The van der Waals surface area contributed by atoms with Crippen LogP contribution in [0.25, 0.3) is 0 Å². The summed E-state index contributed by atoms with van der Waals surface area (Å²) in [5.41, 5.74) is 2.22. The summed E-state index contributed by atoms with van der Waals surface area (Å²) < 4.78 is 1.01. The van der Waals surface area contributed by atoms with Gasteiger partial charge in [0.15, 0.2) is 0 Å². The first-order chi connectivity index (χ1) is 10.1. The van der Waals surface area contributed by atoms with E-state index in [1.807, 2.05) is 6.07 Å². The van der Waals surface area contributed by atoms with Gasteiger partial charge >= 0.3 is 0 Å². The predicted molar refractivity (Wildman–Crippen MR) is 90.8 cm³/mol. The summed E-state index contributed by atoms with van der Waals surface area (Å²) in [4.78, 5) is 5.14. The van der Waals surface area contributed by atoms with Gasteiger partial charge in [0.25, 0.3) is 0 Å². The zero-order valence-electron chi connectivity index (χ0n) is 12.8. The monoisotopic (exact) mass is 352 g/mol. The molecule has 1 aliphatic carbocycles. The molecule has 2 fully saturated rings. The number of rotatable bonds is 3. The van der Waals surface area contributed by atoms with E-state index in [-0.39, 0.29) is 0 Å². The molecule has 1 unspecified atom stereocenters. The van der Waals surface area contributed by atoms with Crippen molar-refractivity contribution in [2.75, 3.05) is 31.1 Å². The highest BCUT2D eigenvalue weighted by atomic mass is 79.9. The molecule has 0 radical (unpaired) electrons. The number of aliphatic hydroxyl groups excluding tert-OH is 1. The van der Waals surface area contributed by atoms with Crippen molar-refractivity contribution in [1.82, 2.24) is 4.90 Å². The Bertz CT molecular complexity index is 478. The van der Waals surface area contributed by atoms with Crippen LogP contribution in [0.2, 0.25) is 0 Å². The molecular weight excluding hydrogens is 328 g/mol. The van der Waals surface area contributed by atoms with Crippen molar-refractivity contribution in [1.29, 1.82) is 0 Å². The molecule has 1 saturated heterocycles. The number of nitrogens with zero attached hydrogens (tertiary/aromatic N) is 2. The fraction of sp³-hybridized carbons (Fsp3) is 0.647. The van der Waals surface area contributed by atoms with Crippen LogP contribution >= 0.6 is 15.9 Å². The Morgan fingerprint density at radius 1 is 1.14 bits per heavy atom. The Hall–Kier alpha value is -0.580. The fourth-order valence-corrected chi connectivity index (χ4v) is 4.36. The standard InChI is InChI=1S/C17H25BrN2O/c1-13(21)16-7-6-15(12-17(16)18)20-10-8-19(9-11-20)14-4-2-3-5-14/h6-7,12-14,21H,2-5,8-11H2,1H3. The number of halogens is 1. The first-order valence-electron chi connectivity index (χ1n) is 8.11. The van der Waals surface area contributed by atoms with Crippen molar-refractivity contribution in [3.8, 4) is 0 Å². The number of hydrogen-bond acceptors (Lipinski definition) is 3. The quantitative estimate of drug-likeness (QED) is 0.900. The molecule has 0 spiro atoms. The lowest BCUT2D eigenvalue weighted by Gasteiger charge is -2.39. The van der Waals surface area contributed by atoms with Crippen LogP contribution in [0.4, 0.5) is 5.69 Å². The minimum atomic E-state index is -0.423. The number of benzene rings is 1. The highest BCUT2D eigenvalue weighted by Crippen LogP contribution is 2.30. The van der Waals surface area contributed by atoms with Crippen LogP contribution in [0.1, 0.15) is 44.3 Å². The molecule has 1 aromatic carbocycles. The average molecular weight is 353 g/mol. The molecule has 3 nitrogen and oxygen atoms in total. The number of aliphatic hydroxyl groups is 1. The molecule has 21 heavy (non-hydrogen) atoms. The summed E-state index contributed by atoms with van der Waals surface area (Å²) in [7, 11) is 0. The Labute approximate surface area is 136 Å². The van der Waals surface area contributed by atoms with Gasteiger partial charge in [0.05, 0.1) is 6.10 Å². The normalized spacial score (nSPS) is 22.7. The summed E-state index contributed by atoms with van der Waals surface area (Å²) in [5.74, 6) is 0. The van der Waals surface area contributed by atoms with Crippen LogP contribution in [0.15, 0.2) is 22.7 Å². The third-order valence-electron chi connectivity index (χ3n) is 4.95. The van der Waals surface area contributed by atoms with E-state index >= 15 is 0 Å². The Morgan fingerprint density at radius 3 is 2.38 bits per heavy atom. The minimum Gasteiger partial charge on any atom is -0.389 e.